The lowest BCUT2D eigenvalue weighted by Gasteiger charge is -2.08. The van der Waals surface area contributed by atoms with Crippen LogP contribution in [0.3, 0.4) is 0 Å². The molecule has 3 atom stereocenters. The van der Waals surface area contributed by atoms with Crippen molar-refractivity contribution in [3.05, 3.63) is 23.3 Å². The average Bonchev–Trinajstić information content (AvgIpc) is 3.01. The molecule has 0 N–H and O–H groups in total. The molecule has 0 radical (unpaired) electrons. The van der Waals surface area contributed by atoms with E-state index < -0.39 is 0 Å². The van der Waals surface area contributed by atoms with E-state index in [9.17, 15) is 0 Å². The maximum absolute atomic E-state index is 5.76. The van der Waals surface area contributed by atoms with Crippen LogP contribution in [0.1, 0.15) is 24.2 Å². The van der Waals surface area contributed by atoms with Crippen LogP contribution in [0.4, 0.5) is 0 Å². The van der Waals surface area contributed by atoms with Crippen LogP contribution < -0.4 is 9.47 Å². The minimum atomic E-state index is -0.123. The molecule has 1 aromatic rings. The number of hydrogen-bond acceptors (Lipinski definition) is 4. The first-order valence-electron chi connectivity index (χ1n) is 5.78. The number of hydrogen-bond donors (Lipinski definition) is 0. The first-order chi connectivity index (χ1) is 8.22. The van der Waals surface area contributed by atoms with Crippen LogP contribution in [0.2, 0.25) is 0 Å². The topological polar surface area (TPSA) is 40.2 Å². The zero-order valence-electron chi connectivity index (χ0n) is 10.2. The summed E-state index contributed by atoms with van der Waals surface area (Å²) in [4.78, 5) is 0. The normalized spacial score (nSPS) is 29.7. The average molecular weight is 236 g/mol. The first kappa shape index (κ1) is 10.9. The van der Waals surface area contributed by atoms with Gasteiger partial charge in [-0.25, -0.2) is 0 Å². The van der Waals surface area contributed by atoms with Crippen LogP contribution in [0, 0.1) is 0 Å². The molecular weight excluding hydrogens is 220 g/mol. The Balaban J connectivity index is 1.99. The Morgan fingerprint density at radius 3 is 2.76 bits per heavy atom. The van der Waals surface area contributed by atoms with Gasteiger partial charge in [-0.15, -0.1) is 0 Å². The Morgan fingerprint density at radius 1 is 1.29 bits per heavy atom. The molecule has 0 aliphatic carbocycles. The standard InChI is InChI=1S/C13H16O4/c1-7-4-9-10(12-13(15-3)17-12)5-8(14-2)6-11(9)16-7/h5-7,12-13H,4H2,1-3H3. The van der Waals surface area contributed by atoms with Gasteiger partial charge in [-0.2, -0.15) is 0 Å². The summed E-state index contributed by atoms with van der Waals surface area (Å²) in [7, 11) is 3.32. The van der Waals surface area contributed by atoms with Gasteiger partial charge in [0.1, 0.15) is 23.7 Å². The van der Waals surface area contributed by atoms with Gasteiger partial charge in [0.25, 0.3) is 0 Å². The van der Waals surface area contributed by atoms with E-state index >= 15 is 0 Å². The molecule has 0 spiro atoms. The van der Waals surface area contributed by atoms with E-state index in [1.54, 1.807) is 14.2 Å². The highest BCUT2D eigenvalue weighted by Crippen LogP contribution is 2.46. The van der Waals surface area contributed by atoms with E-state index in [0.717, 1.165) is 23.5 Å². The second-order valence-electron chi connectivity index (χ2n) is 4.49. The lowest BCUT2D eigenvalue weighted by Crippen LogP contribution is -2.05. The Bertz CT molecular complexity index is 443. The second-order valence-corrected chi connectivity index (χ2v) is 4.49. The zero-order valence-corrected chi connectivity index (χ0v) is 10.2. The van der Waals surface area contributed by atoms with Crippen molar-refractivity contribution in [3.8, 4) is 11.5 Å². The zero-order chi connectivity index (χ0) is 12.0. The number of rotatable bonds is 3. The number of benzene rings is 1. The van der Waals surface area contributed by atoms with Crippen LogP contribution in [0.5, 0.6) is 11.5 Å². The third-order valence-electron chi connectivity index (χ3n) is 3.26. The van der Waals surface area contributed by atoms with Crippen LogP contribution in [0.25, 0.3) is 0 Å². The predicted molar refractivity (Wildman–Crippen MR) is 61.4 cm³/mol. The molecule has 92 valence electrons. The summed E-state index contributed by atoms with van der Waals surface area (Å²) in [5.41, 5.74) is 2.36. The molecule has 2 aliphatic heterocycles. The highest BCUT2D eigenvalue weighted by atomic mass is 16.8. The van der Waals surface area contributed by atoms with Crippen LogP contribution in [-0.4, -0.2) is 26.6 Å². The molecule has 4 nitrogen and oxygen atoms in total. The molecule has 4 heteroatoms. The lowest BCUT2D eigenvalue weighted by atomic mass is 10.0. The fourth-order valence-electron chi connectivity index (χ4n) is 2.38. The van der Waals surface area contributed by atoms with E-state index in [2.05, 4.69) is 6.92 Å². The van der Waals surface area contributed by atoms with Gasteiger partial charge >= 0.3 is 0 Å². The molecule has 2 heterocycles. The molecule has 0 bridgehead atoms. The Kier molecular flexibility index (Phi) is 2.49. The molecule has 0 saturated carbocycles. The second kappa shape index (κ2) is 3.89. The molecular formula is C13H16O4. The summed E-state index contributed by atoms with van der Waals surface area (Å²) in [6.07, 6.45) is 1.04. The van der Waals surface area contributed by atoms with Gasteiger partial charge < -0.3 is 18.9 Å². The molecule has 3 unspecified atom stereocenters. The Hall–Kier alpha value is -1.26. The minimum absolute atomic E-state index is 0.0257. The van der Waals surface area contributed by atoms with Crippen molar-refractivity contribution < 1.29 is 18.9 Å². The highest BCUT2D eigenvalue weighted by molar-refractivity contribution is 5.51. The maximum Gasteiger partial charge on any atom is 0.188 e. The van der Waals surface area contributed by atoms with Gasteiger partial charge in [0.15, 0.2) is 6.29 Å². The third kappa shape index (κ3) is 1.77. The fraction of sp³-hybridized carbons (Fsp3) is 0.538. The van der Waals surface area contributed by atoms with Crippen LogP contribution in [-0.2, 0) is 15.9 Å². The van der Waals surface area contributed by atoms with Gasteiger partial charge in [-0.05, 0) is 18.6 Å². The fourth-order valence-corrected chi connectivity index (χ4v) is 2.38. The number of methoxy groups -OCH3 is 2. The van der Waals surface area contributed by atoms with Gasteiger partial charge in [0, 0.05) is 25.2 Å². The summed E-state index contributed by atoms with van der Waals surface area (Å²) in [6.45, 7) is 2.07. The van der Waals surface area contributed by atoms with Gasteiger partial charge in [-0.1, -0.05) is 0 Å². The molecule has 1 fully saturated rings. The summed E-state index contributed by atoms with van der Waals surface area (Å²) in [5, 5.41) is 0. The van der Waals surface area contributed by atoms with Gasteiger partial charge in [-0.3, -0.25) is 0 Å². The van der Waals surface area contributed by atoms with E-state index in [1.807, 2.05) is 12.1 Å². The summed E-state index contributed by atoms with van der Waals surface area (Å²) in [6, 6.07) is 3.95. The molecule has 1 aromatic carbocycles. The summed E-state index contributed by atoms with van der Waals surface area (Å²) in [5.74, 6) is 1.72. The van der Waals surface area contributed by atoms with E-state index in [4.69, 9.17) is 18.9 Å². The number of ether oxygens (including phenoxy) is 4. The van der Waals surface area contributed by atoms with Crippen molar-refractivity contribution >= 4 is 0 Å². The van der Waals surface area contributed by atoms with E-state index in [1.165, 1.54) is 5.56 Å². The smallest absolute Gasteiger partial charge is 0.188 e. The lowest BCUT2D eigenvalue weighted by molar-refractivity contribution is 0.0950. The van der Waals surface area contributed by atoms with Gasteiger partial charge in [0.05, 0.1) is 7.11 Å². The third-order valence-corrected chi connectivity index (χ3v) is 3.26. The molecule has 0 aromatic heterocycles. The van der Waals surface area contributed by atoms with Crippen molar-refractivity contribution in [2.24, 2.45) is 0 Å². The Morgan fingerprint density at radius 2 is 2.12 bits per heavy atom. The minimum Gasteiger partial charge on any atom is -0.497 e. The quantitative estimate of drug-likeness (QED) is 0.753. The number of epoxide rings is 1. The summed E-state index contributed by atoms with van der Waals surface area (Å²) >= 11 is 0. The van der Waals surface area contributed by atoms with Crippen molar-refractivity contribution in [2.45, 2.75) is 31.8 Å². The summed E-state index contributed by atoms with van der Waals surface area (Å²) < 4.78 is 21.7. The molecule has 17 heavy (non-hydrogen) atoms. The van der Waals surface area contributed by atoms with E-state index in [0.29, 0.717) is 0 Å². The Labute approximate surface area is 100 Å². The highest BCUT2D eigenvalue weighted by Gasteiger charge is 2.43. The molecule has 3 rings (SSSR count). The molecule has 0 amide bonds. The maximum atomic E-state index is 5.76. The largest absolute Gasteiger partial charge is 0.497 e. The number of fused-ring (bicyclic) bond motifs is 1. The van der Waals surface area contributed by atoms with Crippen molar-refractivity contribution in [2.75, 3.05) is 14.2 Å². The van der Waals surface area contributed by atoms with Crippen molar-refractivity contribution in [3.63, 3.8) is 0 Å². The van der Waals surface area contributed by atoms with Crippen molar-refractivity contribution in [1.29, 1.82) is 0 Å². The van der Waals surface area contributed by atoms with Crippen LogP contribution >= 0.6 is 0 Å². The molecule has 1 saturated heterocycles. The van der Waals surface area contributed by atoms with Crippen LogP contribution in [0.15, 0.2) is 12.1 Å². The monoisotopic (exact) mass is 236 g/mol. The van der Waals surface area contributed by atoms with Gasteiger partial charge in [0.2, 0.25) is 0 Å². The van der Waals surface area contributed by atoms with Crippen molar-refractivity contribution in [1.82, 2.24) is 0 Å². The van der Waals surface area contributed by atoms with E-state index in [-0.39, 0.29) is 18.5 Å². The SMILES string of the molecule is COc1cc2c(c(C3OC3OC)c1)CC(C)O2. The molecule has 2 aliphatic rings. The predicted octanol–water partition coefficient (Wildman–Crippen LogP) is 2.06. The first-order valence-corrected chi connectivity index (χ1v) is 5.78.